The Balaban J connectivity index is 1.95. The summed E-state index contributed by atoms with van der Waals surface area (Å²) >= 11 is 0. The summed E-state index contributed by atoms with van der Waals surface area (Å²) in [5.74, 6) is 0. The molecular formula is C16H33N3. The van der Waals surface area contributed by atoms with Gasteiger partial charge in [-0.3, -0.25) is 4.90 Å². The van der Waals surface area contributed by atoms with Gasteiger partial charge < -0.3 is 10.2 Å². The fourth-order valence-electron chi connectivity index (χ4n) is 3.99. The van der Waals surface area contributed by atoms with Gasteiger partial charge in [-0.15, -0.1) is 0 Å². The van der Waals surface area contributed by atoms with Crippen LogP contribution in [0.5, 0.6) is 0 Å². The third-order valence-electron chi connectivity index (χ3n) is 4.81. The van der Waals surface area contributed by atoms with Crippen molar-refractivity contribution in [3.63, 3.8) is 0 Å². The van der Waals surface area contributed by atoms with Gasteiger partial charge in [-0.2, -0.15) is 0 Å². The number of nitrogens with zero attached hydrogens (tertiary/aromatic N) is 2. The maximum Gasteiger partial charge on any atom is 0.0252 e. The van der Waals surface area contributed by atoms with Crippen LogP contribution in [0.15, 0.2) is 0 Å². The molecule has 3 atom stereocenters. The fourth-order valence-corrected chi connectivity index (χ4v) is 3.99. The topological polar surface area (TPSA) is 18.5 Å². The molecule has 1 heterocycles. The molecule has 112 valence electrons. The van der Waals surface area contributed by atoms with Crippen LogP contribution >= 0.6 is 0 Å². The van der Waals surface area contributed by atoms with Crippen LogP contribution in [-0.4, -0.2) is 61.7 Å². The van der Waals surface area contributed by atoms with Crippen molar-refractivity contribution in [2.75, 3.05) is 33.7 Å². The summed E-state index contributed by atoms with van der Waals surface area (Å²) in [6, 6.07) is 2.34. The lowest BCUT2D eigenvalue weighted by Crippen LogP contribution is -2.54. The van der Waals surface area contributed by atoms with E-state index in [4.69, 9.17) is 0 Å². The summed E-state index contributed by atoms with van der Waals surface area (Å²) in [7, 11) is 4.42. The summed E-state index contributed by atoms with van der Waals surface area (Å²) < 4.78 is 0. The van der Waals surface area contributed by atoms with Gasteiger partial charge in [0.15, 0.2) is 0 Å². The van der Waals surface area contributed by atoms with E-state index in [2.05, 4.69) is 36.1 Å². The van der Waals surface area contributed by atoms with E-state index >= 15 is 0 Å². The molecule has 1 saturated heterocycles. The first-order valence-electron chi connectivity index (χ1n) is 8.36. The van der Waals surface area contributed by atoms with Crippen molar-refractivity contribution in [3.8, 4) is 0 Å². The highest BCUT2D eigenvalue weighted by Gasteiger charge is 2.36. The van der Waals surface area contributed by atoms with Crippen molar-refractivity contribution in [1.29, 1.82) is 0 Å². The first kappa shape index (κ1) is 15.3. The highest BCUT2D eigenvalue weighted by atomic mass is 15.3. The van der Waals surface area contributed by atoms with E-state index in [0.717, 1.165) is 18.1 Å². The number of likely N-dealkylation sites (tertiary alicyclic amines) is 1. The molecule has 0 aromatic heterocycles. The zero-order valence-electron chi connectivity index (χ0n) is 13.2. The van der Waals surface area contributed by atoms with Crippen LogP contribution in [0.4, 0.5) is 0 Å². The molecule has 2 aliphatic rings. The molecule has 0 aromatic rings. The Morgan fingerprint density at radius 1 is 1.11 bits per heavy atom. The smallest absolute Gasteiger partial charge is 0.0252 e. The third-order valence-corrected chi connectivity index (χ3v) is 4.81. The lowest BCUT2D eigenvalue weighted by Gasteiger charge is -2.42. The maximum atomic E-state index is 3.82. The first-order chi connectivity index (χ1) is 9.22. The van der Waals surface area contributed by atoms with E-state index in [1.54, 1.807) is 0 Å². The van der Waals surface area contributed by atoms with Crippen molar-refractivity contribution >= 4 is 0 Å². The SMILES string of the molecule is CCCNC1CCCCC1N1CCCC1CN(C)C. The molecule has 2 rings (SSSR count). The summed E-state index contributed by atoms with van der Waals surface area (Å²) in [6.07, 6.45) is 9.69. The fraction of sp³-hybridized carbons (Fsp3) is 1.00. The second kappa shape index (κ2) is 7.61. The van der Waals surface area contributed by atoms with Crippen LogP contribution in [0.2, 0.25) is 0 Å². The van der Waals surface area contributed by atoms with Crippen molar-refractivity contribution in [3.05, 3.63) is 0 Å². The Morgan fingerprint density at radius 3 is 2.63 bits per heavy atom. The van der Waals surface area contributed by atoms with E-state index in [9.17, 15) is 0 Å². The zero-order valence-corrected chi connectivity index (χ0v) is 13.2. The zero-order chi connectivity index (χ0) is 13.7. The largest absolute Gasteiger partial charge is 0.312 e. The molecule has 0 amide bonds. The van der Waals surface area contributed by atoms with Crippen molar-refractivity contribution < 1.29 is 0 Å². The van der Waals surface area contributed by atoms with Crippen LogP contribution in [0.25, 0.3) is 0 Å². The van der Waals surface area contributed by atoms with E-state index in [0.29, 0.717) is 0 Å². The van der Waals surface area contributed by atoms with Gasteiger partial charge in [0.2, 0.25) is 0 Å². The predicted octanol–water partition coefficient (Wildman–Crippen LogP) is 2.32. The number of likely N-dealkylation sites (N-methyl/N-ethyl adjacent to an activating group) is 1. The Bertz CT molecular complexity index is 254. The molecule has 0 aromatic carbocycles. The third kappa shape index (κ3) is 4.17. The first-order valence-corrected chi connectivity index (χ1v) is 8.36. The summed E-state index contributed by atoms with van der Waals surface area (Å²) in [6.45, 7) is 6.02. The quantitative estimate of drug-likeness (QED) is 0.797. The molecule has 19 heavy (non-hydrogen) atoms. The van der Waals surface area contributed by atoms with E-state index in [-0.39, 0.29) is 0 Å². The monoisotopic (exact) mass is 267 g/mol. The molecule has 3 heteroatoms. The van der Waals surface area contributed by atoms with Crippen molar-refractivity contribution in [2.45, 2.75) is 70.0 Å². The Hall–Kier alpha value is -0.120. The maximum absolute atomic E-state index is 3.82. The average Bonchev–Trinajstić information content (AvgIpc) is 2.84. The second-order valence-electron chi connectivity index (χ2n) is 6.71. The Kier molecular flexibility index (Phi) is 6.11. The Labute approximate surface area is 119 Å². The van der Waals surface area contributed by atoms with Gasteiger partial charge in [-0.05, 0) is 59.3 Å². The number of hydrogen-bond acceptors (Lipinski definition) is 3. The minimum absolute atomic E-state index is 0.747. The molecule has 1 aliphatic carbocycles. The van der Waals surface area contributed by atoms with Gasteiger partial charge >= 0.3 is 0 Å². The van der Waals surface area contributed by atoms with Crippen LogP contribution in [0.3, 0.4) is 0 Å². The summed E-state index contributed by atoms with van der Waals surface area (Å²) in [4.78, 5) is 5.20. The van der Waals surface area contributed by atoms with Gasteiger partial charge in [-0.1, -0.05) is 19.8 Å². The van der Waals surface area contributed by atoms with E-state index in [1.807, 2.05) is 0 Å². The normalized spacial score (nSPS) is 33.2. The molecule has 3 unspecified atom stereocenters. The van der Waals surface area contributed by atoms with Crippen LogP contribution < -0.4 is 5.32 Å². The molecule has 1 aliphatic heterocycles. The van der Waals surface area contributed by atoms with Crippen molar-refractivity contribution in [1.82, 2.24) is 15.1 Å². The van der Waals surface area contributed by atoms with Crippen LogP contribution in [0, 0.1) is 0 Å². The van der Waals surface area contributed by atoms with Gasteiger partial charge in [0.25, 0.3) is 0 Å². The lowest BCUT2D eigenvalue weighted by atomic mass is 9.88. The summed E-state index contributed by atoms with van der Waals surface area (Å²) in [5.41, 5.74) is 0. The predicted molar refractivity (Wildman–Crippen MR) is 82.6 cm³/mol. The number of rotatable bonds is 6. The molecular weight excluding hydrogens is 234 g/mol. The molecule has 1 N–H and O–H groups in total. The van der Waals surface area contributed by atoms with Crippen molar-refractivity contribution in [2.24, 2.45) is 0 Å². The van der Waals surface area contributed by atoms with Gasteiger partial charge in [0, 0.05) is 24.7 Å². The average molecular weight is 267 g/mol. The molecule has 1 saturated carbocycles. The molecule has 0 radical (unpaired) electrons. The highest BCUT2D eigenvalue weighted by Crippen LogP contribution is 2.29. The van der Waals surface area contributed by atoms with Gasteiger partial charge in [0.05, 0.1) is 0 Å². The molecule has 0 spiro atoms. The Morgan fingerprint density at radius 2 is 1.89 bits per heavy atom. The van der Waals surface area contributed by atoms with Crippen LogP contribution in [-0.2, 0) is 0 Å². The molecule has 0 bridgehead atoms. The highest BCUT2D eigenvalue weighted by molar-refractivity contribution is 4.94. The lowest BCUT2D eigenvalue weighted by molar-refractivity contribution is 0.0960. The summed E-state index contributed by atoms with van der Waals surface area (Å²) in [5, 5.41) is 3.82. The van der Waals surface area contributed by atoms with E-state index < -0.39 is 0 Å². The van der Waals surface area contributed by atoms with Crippen LogP contribution in [0.1, 0.15) is 51.9 Å². The van der Waals surface area contributed by atoms with Gasteiger partial charge in [0.1, 0.15) is 0 Å². The standard InChI is InChI=1S/C16H33N3/c1-4-11-17-15-9-5-6-10-16(15)19-12-7-8-14(19)13-18(2)3/h14-17H,4-13H2,1-3H3. The van der Waals surface area contributed by atoms with Gasteiger partial charge in [-0.25, -0.2) is 0 Å². The molecule has 2 fully saturated rings. The number of nitrogens with one attached hydrogen (secondary N) is 1. The minimum Gasteiger partial charge on any atom is -0.312 e. The minimum atomic E-state index is 0.747. The number of hydrogen-bond donors (Lipinski definition) is 1. The molecule has 3 nitrogen and oxygen atoms in total. The second-order valence-corrected chi connectivity index (χ2v) is 6.71. The van der Waals surface area contributed by atoms with E-state index in [1.165, 1.54) is 64.6 Å².